The molecule has 3 heterocycles. The van der Waals surface area contributed by atoms with Crippen LogP contribution in [0.4, 0.5) is 5.82 Å². The van der Waals surface area contributed by atoms with Gasteiger partial charge in [-0.2, -0.15) is 0 Å². The molecular formula is C22H27N5O3. The fourth-order valence-corrected chi connectivity index (χ4v) is 3.84. The molecule has 8 heteroatoms. The summed E-state index contributed by atoms with van der Waals surface area (Å²) in [5.74, 6) is 1.26. The van der Waals surface area contributed by atoms with Crippen molar-refractivity contribution in [3.05, 3.63) is 58.1 Å². The van der Waals surface area contributed by atoms with Crippen molar-refractivity contribution in [3.8, 4) is 0 Å². The molecule has 2 aromatic heterocycles. The number of aryl methyl sites for hydroxylation is 1. The van der Waals surface area contributed by atoms with Crippen LogP contribution in [0.5, 0.6) is 0 Å². The maximum Gasteiger partial charge on any atom is 0.326 e. The molecule has 1 amide bonds. The third-order valence-corrected chi connectivity index (χ3v) is 5.61. The van der Waals surface area contributed by atoms with E-state index in [1.807, 2.05) is 19.2 Å². The number of imidazole rings is 1. The average Bonchev–Trinajstić information content (AvgIpc) is 3.06. The topological polar surface area (TPSA) is 92.3 Å². The largest absolute Gasteiger partial charge is 0.381 e. The van der Waals surface area contributed by atoms with Crippen molar-refractivity contribution < 1.29 is 9.53 Å². The van der Waals surface area contributed by atoms with Gasteiger partial charge in [0.2, 0.25) is 0 Å². The highest BCUT2D eigenvalue weighted by molar-refractivity contribution is 5.97. The van der Waals surface area contributed by atoms with Gasteiger partial charge in [-0.05, 0) is 48.6 Å². The fourth-order valence-electron chi connectivity index (χ4n) is 3.84. The van der Waals surface area contributed by atoms with E-state index in [1.54, 1.807) is 31.4 Å². The van der Waals surface area contributed by atoms with Gasteiger partial charge in [0.25, 0.3) is 5.91 Å². The van der Waals surface area contributed by atoms with Crippen LogP contribution in [0.15, 0.2) is 41.3 Å². The quantitative estimate of drug-likeness (QED) is 0.650. The maximum absolute atomic E-state index is 12.5. The molecule has 2 N–H and O–H groups in total. The summed E-state index contributed by atoms with van der Waals surface area (Å²) in [6, 6.07) is 9.14. The number of anilines is 1. The molecule has 1 aliphatic rings. The first kappa shape index (κ1) is 20.2. The lowest BCUT2D eigenvalue weighted by Gasteiger charge is -2.27. The van der Waals surface area contributed by atoms with Crippen LogP contribution in [0.25, 0.3) is 11.0 Å². The monoisotopic (exact) mass is 409 g/mol. The fraction of sp³-hybridized carbons (Fsp3) is 0.409. The summed E-state index contributed by atoms with van der Waals surface area (Å²) < 4.78 is 7.07. The standard InChI is InChI=1S/C22H27N5O3/c1-26(13-16-4-3-9-30-14-16)20-8-5-15(11-23-20)12-24-21(28)17-6-7-19-18(10-17)25-22(29)27(19)2/h5-8,10-11,16H,3-4,9,12-14H2,1-2H3,(H,24,28)(H,25,29). The van der Waals surface area contributed by atoms with Crippen molar-refractivity contribution in [2.75, 3.05) is 31.7 Å². The highest BCUT2D eigenvalue weighted by Gasteiger charge is 2.16. The first-order chi connectivity index (χ1) is 14.5. The number of fused-ring (bicyclic) bond motifs is 1. The second-order valence-corrected chi connectivity index (χ2v) is 7.89. The Morgan fingerprint density at radius 3 is 2.97 bits per heavy atom. The minimum absolute atomic E-state index is 0.194. The second kappa shape index (κ2) is 8.71. The molecule has 1 atom stereocenters. The lowest BCUT2D eigenvalue weighted by molar-refractivity contribution is 0.0576. The van der Waals surface area contributed by atoms with Gasteiger partial charge < -0.3 is 19.9 Å². The Hall–Kier alpha value is -3.13. The Labute approximate surface area is 174 Å². The van der Waals surface area contributed by atoms with Crippen molar-refractivity contribution in [2.24, 2.45) is 13.0 Å². The van der Waals surface area contributed by atoms with Gasteiger partial charge in [0.1, 0.15) is 5.82 Å². The summed E-state index contributed by atoms with van der Waals surface area (Å²) in [4.78, 5) is 33.6. The molecular weight excluding hydrogens is 382 g/mol. The number of H-pyrrole nitrogens is 1. The van der Waals surface area contributed by atoms with E-state index in [2.05, 4.69) is 20.2 Å². The van der Waals surface area contributed by atoms with E-state index < -0.39 is 0 Å². The number of aromatic nitrogens is 3. The van der Waals surface area contributed by atoms with Gasteiger partial charge in [-0.3, -0.25) is 9.36 Å². The SMILES string of the molecule is CN(CC1CCCOC1)c1ccc(CNC(=O)c2ccc3c(c2)[nH]c(=O)n3C)cn1. The zero-order valence-electron chi connectivity index (χ0n) is 17.4. The van der Waals surface area contributed by atoms with Crippen LogP contribution in [0.2, 0.25) is 0 Å². The number of nitrogens with one attached hydrogen (secondary N) is 2. The number of aromatic amines is 1. The summed E-state index contributed by atoms with van der Waals surface area (Å²) in [6.07, 6.45) is 4.11. The van der Waals surface area contributed by atoms with Crippen molar-refractivity contribution in [1.29, 1.82) is 0 Å². The van der Waals surface area contributed by atoms with Gasteiger partial charge in [0, 0.05) is 45.6 Å². The Morgan fingerprint density at radius 1 is 1.37 bits per heavy atom. The number of pyridine rings is 1. The molecule has 3 aromatic rings. The third kappa shape index (κ3) is 4.38. The molecule has 1 fully saturated rings. The van der Waals surface area contributed by atoms with E-state index in [1.165, 1.54) is 11.0 Å². The van der Waals surface area contributed by atoms with Crippen LogP contribution in [0.1, 0.15) is 28.8 Å². The number of nitrogens with zero attached hydrogens (tertiary/aromatic N) is 3. The van der Waals surface area contributed by atoms with Crippen LogP contribution in [0.3, 0.4) is 0 Å². The number of carbonyl (C=O) groups is 1. The van der Waals surface area contributed by atoms with Gasteiger partial charge in [-0.1, -0.05) is 6.07 Å². The number of benzene rings is 1. The van der Waals surface area contributed by atoms with Crippen molar-refractivity contribution in [2.45, 2.75) is 19.4 Å². The van der Waals surface area contributed by atoms with Crippen LogP contribution >= 0.6 is 0 Å². The summed E-state index contributed by atoms with van der Waals surface area (Å²) in [5, 5.41) is 2.91. The first-order valence-corrected chi connectivity index (χ1v) is 10.2. The minimum Gasteiger partial charge on any atom is -0.381 e. The summed E-state index contributed by atoms with van der Waals surface area (Å²) >= 11 is 0. The van der Waals surface area contributed by atoms with Gasteiger partial charge >= 0.3 is 5.69 Å². The number of rotatable bonds is 6. The molecule has 0 aliphatic carbocycles. The molecule has 1 unspecified atom stereocenters. The van der Waals surface area contributed by atoms with Crippen LogP contribution in [0, 0.1) is 5.92 Å². The molecule has 0 bridgehead atoms. The van der Waals surface area contributed by atoms with Gasteiger partial charge in [-0.15, -0.1) is 0 Å². The van der Waals surface area contributed by atoms with Gasteiger partial charge in [0.05, 0.1) is 17.6 Å². The molecule has 1 saturated heterocycles. The smallest absolute Gasteiger partial charge is 0.326 e. The van der Waals surface area contributed by atoms with Crippen LogP contribution < -0.4 is 15.9 Å². The molecule has 30 heavy (non-hydrogen) atoms. The van der Waals surface area contributed by atoms with E-state index in [9.17, 15) is 9.59 Å². The predicted octanol–water partition coefficient (Wildman–Crippen LogP) is 2.05. The zero-order valence-corrected chi connectivity index (χ0v) is 17.4. The normalized spacial score (nSPS) is 16.5. The van der Waals surface area contributed by atoms with E-state index in [0.29, 0.717) is 23.5 Å². The Morgan fingerprint density at radius 2 is 2.23 bits per heavy atom. The number of carbonyl (C=O) groups excluding carboxylic acids is 1. The minimum atomic E-state index is -0.199. The zero-order chi connectivity index (χ0) is 21.1. The molecule has 8 nitrogen and oxygen atoms in total. The average molecular weight is 409 g/mol. The molecule has 4 rings (SSSR count). The molecule has 158 valence electrons. The highest BCUT2D eigenvalue weighted by atomic mass is 16.5. The number of amides is 1. The number of hydrogen-bond donors (Lipinski definition) is 2. The van der Waals surface area contributed by atoms with E-state index in [-0.39, 0.29) is 11.6 Å². The third-order valence-electron chi connectivity index (χ3n) is 5.61. The lowest BCUT2D eigenvalue weighted by atomic mass is 10.0. The highest BCUT2D eigenvalue weighted by Crippen LogP contribution is 2.18. The molecule has 0 saturated carbocycles. The Kier molecular flexibility index (Phi) is 5.85. The Balaban J connectivity index is 1.34. The van der Waals surface area contributed by atoms with E-state index >= 15 is 0 Å². The molecule has 1 aliphatic heterocycles. The number of hydrogen-bond acceptors (Lipinski definition) is 5. The predicted molar refractivity (Wildman–Crippen MR) is 116 cm³/mol. The summed E-state index contributed by atoms with van der Waals surface area (Å²) in [6.45, 7) is 3.00. The summed E-state index contributed by atoms with van der Waals surface area (Å²) in [7, 11) is 3.74. The second-order valence-electron chi connectivity index (χ2n) is 7.89. The van der Waals surface area contributed by atoms with Gasteiger partial charge in [-0.25, -0.2) is 9.78 Å². The van der Waals surface area contributed by atoms with E-state index in [4.69, 9.17) is 4.74 Å². The Bertz CT molecular complexity index is 1080. The van der Waals surface area contributed by atoms with Crippen molar-refractivity contribution in [1.82, 2.24) is 19.9 Å². The molecule has 0 spiro atoms. The van der Waals surface area contributed by atoms with Crippen molar-refractivity contribution in [3.63, 3.8) is 0 Å². The lowest BCUT2D eigenvalue weighted by Crippen LogP contribution is -2.31. The first-order valence-electron chi connectivity index (χ1n) is 10.2. The van der Waals surface area contributed by atoms with Crippen LogP contribution in [-0.4, -0.2) is 47.2 Å². The molecule has 0 radical (unpaired) electrons. The molecule has 1 aromatic carbocycles. The maximum atomic E-state index is 12.5. The number of ether oxygens (including phenoxy) is 1. The van der Waals surface area contributed by atoms with Gasteiger partial charge in [0.15, 0.2) is 0 Å². The van der Waals surface area contributed by atoms with E-state index in [0.717, 1.165) is 43.1 Å². The van der Waals surface area contributed by atoms with Crippen molar-refractivity contribution >= 4 is 22.8 Å². The van der Waals surface area contributed by atoms with Crippen LogP contribution in [-0.2, 0) is 18.3 Å². The summed E-state index contributed by atoms with van der Waals surface area (Å²) in [5.41, 5.74) is 2.64.